The van der Waals surface area contributed by atoms with Gasteiger partial charge in [0.25, 0.3) is 5.91 Å². The van der Waals surface area contributed by atoms with E-state index in [1.54, 1.807) is 0 Å². The second-order valence-corrected chi connectivity index (χ2v) is 9.27. The molecule has 3 N–H and O–H groups in total. The van der Waals surface area contributed by atoms with E-state index in [2.05, 4.69) is 0 Å². The minimum atomic E-state index is -4.59. The lowest BCUT2D eigenvalue weighted by Crippen LogP contribution is -2.81. The maximum absolute atomic E-state index is 11.6. The van der Waals surface area contributed by atoms with Gasteiger partial charge in [-0.05, 0) is 24.0 Å². The summed E-state index contributed by atoms with van der Waals surface area (Å²) in [5.74, 6) is -0.696. The summed E-state index contributed by atoms with van der Waals surface area (Å²) in [6, 6.07) is 3.94. The number of rotatable bonds is 7. The highest BCUT2D eigenvalue weighted by atomic mass is 32.2. The number of carbonyl (C=O) groups excluding carboxylic acids is 1. The number of hydrogen-bond donors (Lipinski definition) is 2. The minimum absolute atomic E-state index is 0.191. The highest BCUT2D eigenvalue weighted by molar-refractivity contribution is 7.89. The molecule has 1 rings (SSSR count). The SMILES string of the molecule is CCC(C)(C)c1cc(S(=O)(=O)[O-])ccc1[NH2+]CC(=O)NS(C)(=O)=O. The normalized spacial score (nSPS) is 12.9. The Morgan fingerprint density at radius 3 is 2.29 bits per heavy atom. The van der Waals surface area contributed by atoms with Gasteiger partial charge in [-0.2, -0.15) is 0 Å². The average molecular weight is 378 g/mol. The van der Waals surface area contributed by atoms with Crippen LogP contribution in [0.2, 0.25) is 0 Å². The van der Waals surface area contributed by atoms with Crippen molar-refractivity contribution in [3.05, 3.63) is 23.8 Å². The molecule has 1 aromatic carbocycles. The lowest BCUT2D eigenvalue weighted by molar-refractivity contribution is -0.560. The van der Waals surface area contributed by atoms with Crippen LogP contribution in [0.5, 0.6) is 0 Å². The van der Waals surface area contributed by atoms with Crippen molar-refractivity contribution in [1.82, 2.24) is 4.72 Å². The van der Waals surface area contributed by atoms with Crippen molar-refractivity contribution in [2.75, 3.05) is 12.8 Å². The summed E-state index contributed by atoms with van der Waals surface area (Å²) in [7, 11) is -8.23. The zero-order valence-corrected chi connectivity index (χ0v) is 15.6. The van der Waals surface area contributed by atoms with E-state index in [4.69, 9.17) is 0 Å². The molecule has 0 heterocycles. The van der Waals surface area contributed by atoms with Crippen LogP contribution in [-0.4, -0.2) is 40.1 Å². The Bertz CT molecular complexity index is 829. The Hall–Kier alpha value is -1.49. The molecule has 0 bridgehead atoms. The fourth-order valence-electron chi connectivity index (χ4n) is 2.10. The Labute approximate surface area is 142 Å². The average Bonchev–Trinajstić information content (AvgIpc) is 2.42. The van der Waals surface area contributed by atoms with Crippen molar-refractivity contribution < 1.29 is 31.5 Å². The van der Waals surface area contributed by atoms with Gasteiger partial charge in [-0.3, -0.25) is 4.79 Å². The summed E-state index contributed by atoms with van der Waals surface area (Å²) in [6.07, 6.45) is 1.55. The van der Waals surface area contributed by atoms with Crippen molar-refractivity contribution in [2.45, 2.75) is 37.5 Å². The first-order chi connectivity index (χ1) is 10.8. The van der Waals surface area contributed by atoms with Crippen molar-refractivity contribution in [2.24, 2.45) is 0 Å². The second kappa shape index (κ2) is 7.18. The van der Waals surface area contributed by atoms with Crippen LogP contribution in [-0.2, 0) is 30.4 Å². The number of amides is 1. The summed E-state index contributed by atoms with van der Waals surface area (Å²) in [4.78, 5) is 11.3. The molecule has 24 heavy (non-hydrogen) atoms. The zero-order chi connectivity index (χ0) is 18.8. The molecule has 0 atom stereocenters. The second-order valence-electron chi connectivity index (χ2n) is 6.15. The molecule has 0 aromatic heterocycles. The van der Waals surface area contributed by atoms with Crippen LogP contribution in [0.15, 0.2) is 23.1 Å². The van der Waals surface area contributed by atoms with Crippen LogP contribution in [0.25, 0.3) is 0 Å². The molecule has 0 spiro atoms. The number of sulfonamides is 1. The summed E-state index contributed by atoms with van der Waals surface area (Å²) < 4.78 is 57.6. The van der Waals surface area contributed by atoms with Crippen LogP contribution in [0.4, 0.5) is 5.69 Å². The number of nitrogens with one attached hydrogen (secondary N) is 1. The quantitative estimate of drug-likeness (QED) is 0.487. The van der Waals surface area contributed by atoms with Crippen molar-refractivity contribution in [1.29, 1.82) is 0 Å². The molecule has 1 amide bonds. The predicted octanol–water partition coefficient (Wildman–Crippen LogP) is -0.451. The molecule has 0 aliphatic heterocycles. The first kappa shape index (κ1) is 20.6. The largest absolute Gasteiger partial charge is 0.744 e. The zero-order valence-electron chi connectivity index (χ0n) is 14.0. The molecule has 0 aliphatic carbocycles. The van der Waals surface area contributed by atoms with Gasteiger partial charge in [0.2, 0.25) is 10.0 Å². The predicted molar refractivity (Wildman–Crippen MR) is 87.2 cm³/mol. The Morgan fingerprint density at radius 1 is 1.25 bits per heavy atom. The van der Waals surface area contributed by atoms with Gasteiger partial charge in [-0.1, -0.05) is 20.8 Å². The van der Waals surface area contributed by atoms with E-state index in [0.717, 1.165) is 6.26 Å². The van der Waals surface area contributed by atoms with E-state index in [9.17, 15) is 26.2 Å². The summed E-state index contributed by atoms with van der Waals surface area (Å²) >= 11 is 0. The highest BCUT2D eigenvalue weighted by Crippen LogP contribution is 2.32. The third-order valence-corrected chi connectivity index (χ3v) is 5.16. The van der Waals surface area contributed by atoms with Gasteiger partial charge < -0.3 is 9.87 Å². The number of hydrogen-bond acceptors (Lipinski definition) is 6. The molecule has 0 unspecified atom stereocenters. The van der Waals surface area contributed by atoms with Gasteiger partial charge in [0.05, 0.1) is 11.2 Å². The maximum atomic E-state index is 11.6. The van der Waals surface area contributed by atoms with Crippen LogP contribution in [0.1, 0.15) is 32.8 Å². The third kappa shape index (κ3) is 5.86. The topological polar surface area (TPSA) is 137 Å². The van der Waals surface area contributed by atoms with E-state index in [1.165, 1.54) is 23.5 Å². The van der Waals surface area contributed by atoms with Crippen LogP contribution >= 0.6 is 0 Å². The number of nitrogens with two attached hydrogens (primary N) is 1. The van der Waals surface area contributed by atoms with Crippen molar-refractivity contribution >= 4 is 31.7 Å². The monoisotopic (exact) mass is 378 g/mol. The molecule has 0 fully saturated rings. The molecule has 8 nitrogen and oxygen atoms in total. The van der Waals surface area contributed by atoms with E-state index >= 15 is 0 Å². The molecule has 0 radical (unpaired) electrons. The van der Waals surface area contributed by atoms with E-state index < -0.39 is 31.5 Å². The first-order valence-corrected chi connectivity index (χ1v) is 10.5. The molecule has 136 valence electrons. The lowest BCUT2D eigenvalue weighted by atomic mass is 9.81. The van der Waals surface area contributed by atoms with Gasteiger partial charge in [0.15, 0.2) is 6.54 Å². The summed E-state index contributed by atoms with van der Waals surface area (Å²) in [6.45, 7) is 5.50. The van der Waals surface area contributed by atoms with E-state index in [-0.39, 0.29) is 11.4 Å². The summed E-state index contributed by atoms with van der Waals surface area (Å²) in [5, 5.41) is 1.51. The van der Waals surface area contributed by atoms with Gasteiger partial charge in [-0.25, -0.2) is 21.6 Å². The van der Waals surface area contributed by atoms with Gasteiger partial charge in [0.1, 0.15) is 15.8 Å². The molecular weight excluding hydrogens is 356 g/mol. The van der Waals surface area contributed by atoms with Crippen molar-refractivity contribution in [3.8, 4) is 0 Å². The van der Waals surface area contributed by atoms with Crippen LogP contribution in [0.3, 0.4) is 0 Å². The van der Waals surface area contributed by atoms with Gasteiger partial charge >= 0.3 is 0 Å². The first-order valence-electron chi connectivity index (χ1n) is 7.20. The van der Waals surface area contributed by atoms with Crippen LogP contribution in [0, 0.1) is 0 Å². The Kier molecular flexibility index (Phi) is 6.15. The molecule has 10 heteroatoms. The van der Waals surface area contributed by atoms with Crippen molar-refractivity contribution in [3.63, 3.8) is 0 Å². The highest BCUT2D eigenvalue weighted by Gasteiger charge is 2.25. The lowest BCUT2D eigenvalue weighted by Gasteiger charge is -2.25. The smallest absolute Gasteiger partial charge is 0.288 e. The fourth-order valence-corrected chi connectivity index (χ4v) is 3.09. The molecule has 0 saturated heterocycles. The van der Waals surface area contributed by atoms with Crippen LogP contribution < -0.4 is 10.0 Å². The van der Waals surface area contributed by atoms with Gasteiger partial charge in [0, 0.05) is 11.6 Å². The number of quaternary nitrogens is 1. The van der Waals surface area contributed by atoms with E-state index in [0.29, 0.717) is 17.7 Å². The molecule has 1 aromatic rings. The maximum Gasteiger partial charge on any atom is 0.288 e. The fraction of sp³-hybridized carbons (Fsp3) is 0.500. The Morgan fingerprint density at radius 2 is 1.83 bits per heavy atom. The van der Waals surface area contributed by atoms with E-state index in [1.807, 2.05) is 25.5 Å². The molecule has 0 saturated carbocycles. The summed E-state index contributed by atoms with van der Waals surface area (Å²) in [5.41, 5.74) is 0.756. The number of carbonyl (C=O) groups is 1. The minimum Gasteiger partial charge on any atom is -0.744 e. The third-order valence-electron chi connectivity index (χ3n) is 3.73. The number of benzene rings is 1. The van der Waals surface area contributed by atoms with Gasteiger partial charge in [-0.15, -0.1) is 0 Å². The molecule has 0 aliphatic rings. The Balaban J connectivity index is 3.17. The molecular formula is C14H22N2O6S2. The standard InChI is InChI=1S/C14H22N2O6S2/c1-5-14(2,3)11-8-10(24(20,21)22)6-7-12(11)15-9-13(17)16-23(4,18)19/h6-8,15H,5,9H2,1-4H3,(H,16,17)(H,20,21,22).